The Bertz CT molecular complexity index is 931. The largest absolute Gasteiger partial charge is 0.378 e. The van der Waals surface area contributed by atoms with Crippen molar-refractivity contribution in [1.82, 2.24) is 4.90 Å². The van der Waals surface area contributed by atoms with Gasteiger partial charge >= 0.3 is 0 Å². The summed E-state index contributed by atoms with van der Waals surface area (Å²) < 4.78 is 5.41. The second-order valence-electron chi connectivity index (χ2n) is 6.90. The van der Waals surface area contributed by atoms with Gasteiger partial charge in [0.15, 0.2) is 5.17 Å². The first-order chi connectivity index (χ1) is 13.6. The van der Waals surface area contributed by atoms with E-state index in [4.69, 9.17) is 4.74 Å². The van der Waals surface area contributed by atoms with Crippen LogP contribution in [0.4, 0.5) is 11.4 Å². The SMILES string of the molecule is Cc1cccc(/C=C2\SC(=Nc3ccc(N4CCOCC4)cc3)N(C)C2=O)c1. The second-order valence-corrected chi connectivity index (χ2v) is 7.91. The van der Waals surface area contributed by atoms with E-state index in [0.29, 0.717) is 10.1 Å². The van der Waals surface area contributed by atoms with Gasteiger partial charge < -0.3 is 9.64 Å². The summed E-state index contributed by atoms with van der Waals surface area (Å²) in [6.45, 7) is 5.40. The van der Waals surface area contributed by atoms with Gasteiger partial charge in [-0.2, -0.15) is 0 Å². The number of nitrogens with zero attached hydrogens (tertiary/aromatic N) is 3. The number of anilines is 1. The minimum atomic E-state index is -0.0183. The highest BCUT2D eigenvalue weighted by molar-refractivity contribution is 8.18. The fourth-order valence-electron chi connectivity index (χ4n) is 3.23. The zero-order valence-electron chi connectivity index (χ0n) is 16.1. The molecule has 0 radical (unpaired) electrons. The highest BCUT2D eigenvalue weighted by Gasteiger charge is 2.30. The molecule has 2 aromatic rings. The van der Waals surface area contributed by atoms with E-state index in [-0.39, 0.29) is 5.91 Å². The van der Waals surface area contributed by atoms with Gasteiger partial charge in [-0.05, 0) is 54.6 Å². The van der Waals surface area contributed by atoms with Crippen molar-refractivity contribution in [3.63, 3.8) is 0 Å². The summed E-state index contributed by atoms with van der Waals surface area (Å²) in [5, 5.41) is 0.697. The molecule has 2 aromatic carbocycles. The van der Waals surface area contributed by atoms with Crippen molar-refractivity contribution in [1.29, 1.82) is 0 Å². The van der Waals surface area contributed by atoms with E-state index in [9.17, 15) is 4.79 Å². The number of amidine groups is 1. The molecule has 0 unspecified atom stereocenters. The van der Waals surface area contributed by atoms with Gasteiger partial charge in [-0.3, -0.25) is 9.69 Å². The molecule has 28 heavy (non-hydrogen) atoms. The molecule has 0 saturated carbocycles. The number of carbonyl (C=O) groups excluding carboxylic acids is 1. The van der Waals surface area contributed by atoms with E-state index in [1.807, 2.05) is 43.3 Å². The summed E-state index contributed by atoms with van der Waals surface area (Å²) in [6, 6.07) is 16.3. The molecule has 0 bridgehead atoms. The minimum absolute atomic E-state index is 0.0183. The van der Waals surface area contributed by atoms with Crippen molar-refractivity contribution in [2.45, 2.75) is 6.92 Å². The number of hydrogen-bond acceptors (Lipinski definition) is 5. The predicted molar refractivity (Wildman–Crippen MR) is 116 cm³/mol. The number of likely N-dealkylation sites (N-methyl/N-ethyl adjacent to an activating group) is 1. The number of thioether (sulfide) groups is 1. The molecular formula is C22H23N3O2S. The summed E-state index contributed by atoms with van der Waals surface area (Å²) in [5.74, 6) is -0.0183. The second kappa shape index (κ2) is 8.20. The first-order valence-electron chi connectivity index (χ1n) is 9.36. The highest BCUT2D eigenvalue weighted by Crippen LogP contribution is 2.33. The lowest BCUT2D eigenvalue weighted by molar-refractivity contribution is -0.121. The van der Waals surface area contributed by atoms with E-state index in [1.165, 1.54) is 23.0 Å². The minimum Gasteiger partial charge on any atom is -0.378 e. The summed E-state index contributed by atoms with van der Waals surface area (Å²) in [5.41, 5.74) is 4.22. The summed E-state index contributed by atoms with van der Waals surface area (Å²) in [4.78, 5) is 21.9. The van der Waals surface area contributed by atoms with Crippen LogP contribution in [0, 0.1) is 6.92 Å². The standard InChI is InChI=1S/C22H23N3O2S/c1-16-4-3-5-17(14-16)15-20-21(26)24(2)22(28-20)23-18-6-8-19(9-7-18)25-10-12-27-13-11-25/h3-9,14-15H,10-13H2,1-2H3/b20-15-,23-22?. The van der Waals surface area contributed by atoms with Crippen LogP contribution in [0.2, 0.25) is 0 Å². The Balaban J connectivity index is 1.52. The Kier molecular flexibility index (Phi) is 5.50. The molecule has 0 N–H and O–H groups in total. The predicted octanol–water partition coefficient (Wildman–Crippen LogP) is 4.07. The van der Waals surface area contributed by atoms with Gasteiger partial charge in [-0.25, -0.2) is 4.99 Å². The average molecular weight is 394 g/mol. The Morgan fingerprint density at radius 3 is 2.57 bits per heavy atom. The molecule has 144 valence electrons. The normalized spacial score (nSPS) is 20.4. The summed E-state index contributed by atoms with van der Waals surface area (Å²) in [6.07, 6.45) is 1.93. The molecular weight excluding hydrogens is 370 g/mol. The fourth-order valence-corrected chi connectivity index (χ4v) is 4.22. The third kappa shape index (κ3) is 4.13. The number of morpholine rings is 1. The smallest absolute Gasteiger partial charge is 0.266 e. The number of carbonyl (C=O) groups is 1. The van der Waals surface area contributed by atoms with Crippen LogP contribution in [-0.2, 0) is 9.53 Å². The number of aliphatic imine (C=N–C) groups is 1. The molecule has 0 spiro atoms. The maximum atomic E-state index is 12.6. The van der Waals surface area contributed by atoms with Crippen LogP contribution in [0.1, 0.15) is 11.1 Å². The zero-order chi connectivity index (χ0) is 19.5. The van der Waals surface area contributed by atoms with Crippen LogP contribution in [0.3, 0.4) is 0 Å². The Morgan fingerprint density at radius 1 is 1.11 bits per heavy atom. The van der Waals surface area contributed by atoms with Crippen LogP contribution >= 0.6 is 11.8 Å². The lowest BCUT2D eigenvalue weighted by Gasteiger charge is -2.28. The first kappa shape index (κ1) is 18.8. The van der Waals surface area contributed by atoms with Crippen molar-refractivity contribution in [3.05, 3.63) is 64.6 Å². The van der Waals surface area contributed by atoms with Gasteiger partial charge in [0.1, 0.15) is 0 Å². The Hall–Kier alpha value is -2.57. The van der Waals surface area contributed by atoms with Crippen molar-refractivity contribution in [2.24, 2.45) is 4.99 Å². The van der Waals surface area contributed by atoms with Crippen LogP contribution in [0.5, 0.6) is 0 Å². The lowest BCUT2D eigenvalue weighted by atomic mass is 10.1. The molecule has 4 rings (SSSR count). The number of benzene rings is 2. The number of rotatable bonds is 3. The zero-order valence-corrected chi connectivity index (χ0v) is 16.9. The molecule has 5 nitrogen and oxygen atoms in total. The fraction of sp³-hybridized carbons (Fsp3) is 0.273. The first-order valence-corrected chi connectivity index (χ1v) is 10.2. The molecule has 0 atom stereocenters. The molecule has 0 aliphatic carbocycles. The van der Waals surface area contributed by atoms with E-state index in [0.717, 1.165) is 37.6 Å². The van der Waals surface area contributed by atoms with Crippen LogP contribution in [0.25, 0.3) is 6.08 Å². The quantitative estimate of drug-likeness (QED) is 0.738. The molecule has 2 heterocycles. The van der Waals surface area contributed by atoms with E-state index >= 15 is 0 Å². The third-order valence-corrected chi connectivity index (χ3v) is 5.85. The van der Waals surface area contributed by atoms with Gasteiger partial charge in [-0.15, -0.1) is 0 Å². The number of hydrogen-bond donors (Lipinski definition) is 0. The Morgan fingerprint density at radius 2 is 1.86 bits per heavy atom. The molecule has 2 aliphatic rings. The van der Waals surface area contributed by atoms with E-state index in [2.05, 4.69) is 28.1 Å². The highest BCUT2D eigenvalue weighted by atomic mass is 32.2. The summed E-state index contributed by atoms with van der Waals surface area (Å²) >= 11 is 1.42. The number of amides is 1. The van der Waals surface area contributed by atoms with Crippen molar-refractivity contribution >= 4 is 40.3 Å². The van der Waals surface area contributed by atoms with Gasteiger partial charge in [-0.1, -0.05) is 29.8 Å². The molecule has 2 fully saturated rings. The van der Waals surface area contributed by atoms with Crippen molar-refractivity contribution in [3.8, 4) is 0 Å². The number of aryl methyl sites for hydroxylation is 1. The molecule has 2 saturated heterocycles. The summed E-state index contributed by atoms with van der Waals surface area (Å²) in [7, 11) is 1.77. The lowest BCUT2D eigenvalue weighted by Crippen LogP contribution is -2.36. The van der Waals surface area contributed by atoms with Crippen molar-refractivity contribution < 1.29 is 9.53 Å². The van der Waals surface area contributed by atoms with Crippen LogP contribution < -0.4 is 4.90 Å². The van der Waals surface area contributed by atoms with Crippen molar-refractivity contribution in [2.75, 3.05) is 38.3 Å². The molecule has 0 aromatic heterocycles. The van der Waals surface area contributed by atoms with Crippen LogP contribution in [0.15, 0.2) is 58.4 Å². The van der Waals surface area contributed by atoms with Crippen LogP contribution in [-0.4, -0.2) is 49.3 Å². The average Bonchev–Trinajstić information content (AvgIpc) is 2.97. The molecule has 6 heteroatoms. The number of ether oxygens (including phenoxy) is 1. The molecule has 2 aliphatic heterocycles. The van der Waals surface area contributed by atoms with E-state index in [1.54, 1.807) is 11.9 Å². The molecule has 1 amide bonds. The third-order valence-electron chi connectivity index (χ3n) is 4.79. The van der Waals surface area contributed by atoms with Gasteiger partial charge in [0.25, 0.3) is 5.91 Å². The maximum absolute atomic E-state index is 12.6. The monoisotopic (exact) mass is 393 g/mol. The van der Waals surface area contributed by atoms with Gasteiger partial charge in [0.2, 0.25) is 0 Å². The van der Waals surface area contributed by atoms with Gasteiger partial charge in [0, 0.05) is 25.8 Å². The maximum Gasteiger partial charge on any atom is 0.266 e. The van der Waals surface area contributed by atoms with Gasteiger partial charge in [0.05, 0.1) is 23.8 Å². The topological polar surface area (TPSA) is 45.1 Å². The van der Waals surface area contributed by atoms with E-state index < -0.39 is 0 Å². The Labute approximate surface area is 169 Å².